The van der Waals surface area contributed by atoms with Crippen molar-refractivity contribution in [2.45, 2.75) is 32.2 Å². The van der Waals surface area contributed by atoms with E-state index < -0.39 is 0 Å². The lowest BCUT2D eigenvalue weighted by Gasteiger charge is -2.16. The van der Waals surface area contributed by atoms with Crippen LogP contribution in [0.2, 0.25) is 5.02 Å². The topological polar surface area (TPSA) is 12.0 Å². The van der Waals surface area contributed by atoms with E-state index in [4.69, 9.17) is 11.6 Å². The average Bonchev–Trinajstić information content (AvgIpc) is 2.24. The Bertz CT molecular complexity index is 314. The zero-order valence-electron chi connectivity index (χ0n) is 9.19. The van der Waals surface area contributed by atoms with E-state index in [1.807, 2.05) is 13.1 Å². The standard InChI is InChI=1S/C12H17ClFN/c1-3-5-10(15-2)8-9-6-4-7-11(14)12(9)13/h4,6-7,10,15H,3,5,8H2,1-2H3. The summed E-state index contributed by atoms with van der Waals surface area (Å²) in [5.41, 5.74) is 0.879. The van der Waals surface area contributed by atoms with Gasteiger partial charge in [0.2, 0.25) is 0 Å². The monoisotopic (exact) mass is 229 g/mol. The number of halogens is 2. The smallest absolute Gasteiger partial charge is 0.142 e. The van der Waals surface area contributed by atoms with Crippen LogP contribution in [0.15, 0.2) is 18.2 Å². The molecule has 0 amide bonds. The maximum atomic E-state index is 13.2. The van der Waals surface area contributed by atoms with Crippen LogP contribution in [-0.2, 0) is 6.42 Å². The van der Waals surface area contributed by atoms with Crippen molar-refractivity contribution in [3.05, 3.63) is 34.6 Å². The van der Waals surface area contributed by atoms with Gasteiger partial charge in [0.1, 0.15) is 5.82 Å². The average molecular weight is 230 g/mol. The van der Waals surface area contributed by atoms with Crippen LogP contribution >= 0.6 is 11.6 Å². The van der Waals surface area contributed by atoms with E-state index in [1.165, 1.54) is 6.07 Å². The normalized spacial score (nSPS) is 12.8. The highest BCUT2D eigenvalue weighted by atomic mass is 35.5. The van der Waals surface area contributed by atoms with Crippen LogP contribution in [0, 0.1) is 5.82 Å². The Hall–Kier alpha value is -0.600. The molecule has 1 atom stereocenters. The van der Waals surface area contributed by atoms with Crippen molar-refractivity contribution >= 4 is 11.6 Å². The van der Waals surface area contributed by atoms with Gasteiger partial charge in [-0.2, -0.15) is 0 Å². The fourth-order valence-electron chi connectivity index (χ4n) is 1.67. The molecule has 0 fully saturated rings. The minimum absolute atomic E-state index is 0.258. The van der Waals surface area contributed by atoms with Crippen LogP contribution in [0.4, 0.5) is 4.39 Å². The number of rotatable bonds is 5. The van der Waals surface area contributed by atoms with Crippen LogP contribution < -0.4 is 5.32 Å². The first-order valence-corrected chi connectivity index (χ1v) is 5.67. The number of benzene rings is 1. The van der Waals surface area contributed by atoms with E-state index in [0.717, 1.165) is 24.8 Å². The van der Waals surface area contributed by atoms with Gasteiger partial charge in [0.05, 0.1) is 5.02 Å². The molecule has 0 aliphatic rings. The minimum Gasteiger partial charge on any atom is -0.317 e. The lowest BCUT2D eigenvalue weighted by Crippen LogP contribution is -2.27. The highest BCUT2D eigenvalue weighted by Crippen LogP contribution is 2.21. The summed E-state index contributed by atoms with van der Waals surface area (Å²) in [4.78, 5) is 0. The van der Waals surface area contributed by atoms with E-state index in [-0.39, 0.29) is 10.8 Å². The van der Waals surface area contributed by atoms with Crippen LogP contribution in [0.5, 0.6) is 0 Å². The highest BCUT2D eigenvalue weighted by molar-refractivity contribution is 6.31. The molecule has 1 rings (SSSR count). The van der Waals surface area contributed by atoms with Gasteiger partial charge in [0.25, 0.3) is 0 Å². The molecule has 0 spiro atoms. The van der Waals surface area contributed by atoms with Gasteiger partial charge in [-0.1, -0.05) is 37.1 Å². The minimum atomic E-state index is -0.333. The van der Waals surface area contributed by atoms with Gasteiger partial charge in [0, 0.05) is 6.04 Å². The first-order valence-electron chi connectivity index (χ1n) is 5.29. The molecule has 0 aliphatic carbocycles. The van der Waals surface area contributed by atoms with Crippen molar-refractivity contribution in [2.75, 3.05) is 7.05 Å². The van der Waals surface area contributed by atoms with Crippen molar-refractivity contribution < 1.29 is 4.39 Å². The molecule has 0 bridgehead atoms. The molecule has 1 unspecified atom stereocenters. The Labute approximate surface area is 95.6 Å². The molecule has 0 saturated carbocycles. The molecule has 0 heterocycles. The molecule has 1 nitrogen and oxygen atoms in total. The van der Waals surface area contributed by atoms with E-state index >= 15 is 0 Å². The zero-order chi connectivity index (χ0) is 11.3. The predicted octanol–water partition coefficient (Wildman–Crippen LogP) is 3.41. The van der Waals surface area contributed by atoms with Gasteiger partial charge in [0.15, 0.2) is 0 Å². The summed E-state index contributed by atoms with van der Waals surface area (Å²) in [6.45, 7) is 2.14. The number of hydrogen-bond donors (Lipinski definition) is 1. The van der Waals surface area contributed by atoms with E-state index in [1.54, 1.807) is 6.07 Å². The SMILES string of the molecule is CCCC(Cc1cccc(F)c1Cl)NC. The number of hydrogen-bond acceptors (Lipinski definition) is 1. The van der Waals surface area contributed by atoms with E-state index in [0.29, 0.717) is 6.04 Å². The largest absolute Gasteiger partial charge is 0.317 e. The van der Waals surface area contributed by atoms with Gasteiger partial charge in [-0.3, -0.25) is 0 Å². The first-order chi connectivity index (χ1) is 7.19. The molecule has 0 saturated heterocycles. The van der Waals surface area contributed by atoms with Crippen LogP contribution in [0.3, 0.4) is 0 Å². The molecule has 0 aromatic heterocycles. The third kappa shape index (κ3) is 3.47. The summed E-state index contributed by atoms with van der Waals surface area (Å²) in [6, 6.07) is 5.34. The van der Waals surface area contributed by atoms with Crippen molar-refractivity contribution in [3.63, 3.8) is 0 Å². The second-order valence-corrected chi connectivity index (χ2v) is 4.07. The van der Waals surface area contributed by atoms with Gasteiger partial charge < -0.3 is 5.32 Å². The van der Waals surface area contributed by atoms with Gasteiger partial charge in [-0.15, -0.1) is 0 Å². The summed E-state index contributed by atoms with van der Waals surface area (Å²) in [6.07, 6.45) is 2.96. The van der Waals surface area contributed by atoms with Gasteiger partial charge >= 0.3 is 0 Å². The molecule has 3 heteroatoms. The van der Waals surface area contributed by atoms with Crippen molar-refractivity contribution in [1.29, 1.82) is 0 Å². The zero-order valence-corrected chi connectivity index (χ0v) is 9.94. The molecular formula is C12H17ClFN. The Morgan fingerprint density at radius 2 is 2.20 bits per heavy atom. The molecule has 0 aliphatic heterocycles. The summed E-state index contributed by atoms with van der Waals surface area (Å²) >= 11 is 5.89. The van der Waals surface area contributed by atoms with Crippen molar-refractivity contribution in [3.8, 4) is 0 Å². The molecule has 1 N–H and O–H groups in total. The summed E-state index contributed by atoms with van der Waals surface area (Å²) in [7, 11) is 1.92. The molecule has 1 aromatic carbocycles. The summed E-state index contributed by atoms with van der Waals surface area (Å²) < 4.78 is 13.2. The Kier molecular flexibility index (Phi) is 5.06. The first kappa shape index (κ1) is 12.5. The Morgan fingerprint density at radius 3 is 2.80 bits per heavy atom. The van der Waals surface area contributed by atoms with Crippen LogP contribution in [0.25, 0.3) is 0 Å². The molecular weight excluding hydrogens is 213 g/mol. The quantitative estimate of drug-likeness (QED) is 0.816. The second-order valence-electron chi connectivity index (χ2n) is 3.69. The van der Waals surface area contributed by atoms with Crippen molar-refractivity contribution in [1.82, 2.24) is 5.32 Å². The fourth-order valence-corrected chi connectivity index (χ4v) is 1.87. The third-order valence-electron chi connectivity index (χ3n) is 2.54. The van der Waals surface area contributed by atoms with E-state index in [9.17, 15) is 4.39 Å². The Balaban J connectivity index is 2.74. The maximum Gasteiger partial charge on any atom is 0.142 e. The lowest BCUT2D eigenvalue weighted by molar-refractivity contribution is 0.512. The number of likely N-dealkylation sites (N-methyl/N-ethyl adjacent to an activating group) is 1. The van der Waals surface area contributed by atoms with Crippen molar-refractivity contribution in [2.24, 2.45) is 0 Å². The Morgan fingerprint density at radius 1 is 1.47 bits per heavy atom. The van der Waals surface area contributed by atoms with Crippen LogP contribution in [0.1, 0.15) is 25.3 Å². The maximum absolute atomic E-state index is 13.2. The third-order valence-corrected chi connectivity index (χ3v) is 2.97. The molecule has 0 radical (unpaired) electrons. The molecule has 15 heavy (non-hydrogen) atoms. The summed E-state index contributed by atoms with van der Waals surface area (Å²) in [5.74, 6) is -0.333. The van der Waals surface area contributed by atoms with Crippen LogP contribution in [-0.4, -0.2) is 13.1 Å². The number of nitrogens with one attached hydrogen (secondary N) is 1. The molecule has 84 valence electrons. The summed E-state index contributed by atoms with van der Waals surface area (Å²) in [5, 5.41) is 3.48. The van der Waals surface area contributed by atoms with E-state index in [2.05, 4.69) is 12.2 Å². The fraction of sp³-hybridized carbons (Fsp3) is 0.500. The van der Waals surface area contributed by atoms with Gasteiger partial charge in [-0.05, 0) is 31.5 Å². The lowest BCUT2D eigenvalue weighted by atomic mass is 10.0. The predicted molar refractivity (Wildman–Crippen MR) is 62.9 cm³/mol. The van der Waals surface area contributed by atoms with Gasteiger partial charge in [-0.25, -0.2) is 4.39 Å². The molecule has 1 aromatic rings. The second kappa shape index (κ2) is 6.09. The highest BCUT2D eigenvalue weighted by Gasteiger charge is 2.10.